The topological polar surface area (TPSA) is 111 Å². The van der Waals surface area contributed by atoms with Crippen LogP contribution in [0.4, 0.5) is 4.79 Å². The predicted molar refractivity (Wildman–Crippen MR) is 109 cm³/mol. The maximum Gasteiger partial charge on any atom is 0.407 e. The Morgan fingerprint density at radius 3 is 1.93 bits per heavy atom. The number of hydrogen-bond acceptors (Lipinski definition) is 6. The maximum atomic E-state index is 11.8. The molecule has 0 aromatic heterocycles. The van der Waals surface area contributed by atoms with Crippen LogP contribution in [0.3, 0.4) is 0 Å². The molecule has 168 valence electrons. The molecule has 0 spiro atoms. The van der Waals surface area contributed by atoms with Crippen LogP contribution < -0.4 is 5.32 Å². The lowest BCUT2D eigenvalue weighted by Crippen LogP contribution is -2.41. The molecule has 0 unspecified atom stereocenters. The van der Waals surface area contributed by atoms with Gasteiger partial charge in [-0.15, -0.1) is 0 Å². The lowest BCUT2D eigenvalue weighted by Gasteiger charge is -2.29. The quantitative estimate of drug-likeness (QED) is 0.195. The largest absolute Gasteiger partial charge is 0.444 e. The van der Waals surface area contributed by atoms with E-state index in [1.165, 1.54) is 0 Å². The number of amides is 1. The highest BCUT2D eigenvalue weighted by Crippen LogP contribution is 2.16. The third kappa shape index (κ3) is 17.2. The van der Waals surface area contributed by atoms with Crippen LogP contribution in [-0.2, 0) is 24.3 Å². The van der Waals surface area contributed by atoms with E-state index in [0.29, 0.717) is 13.2 Å². The van der Waals surface area contributed by atoms with Gasteiger partial charge in [0.1, 0.15) is 6.61 Å². The molecule has 0 aromatic carbocycles. The number of ether oxygens (including phenoxy) is 3. The minimum Gasteiger partial charge on any atom is -0.444 e. The van der Waals surface area contributed by atoms with E-state index in [1.807, 2.05) is 0 Å². The first-order valence-corrected chi connectivity index (χ1v) is 12.0. The van der Waals surface area contributed by atoms with Crippen molar-refractivity contribution in [1.82, 2.24) is 5.32 Å². The Labute approximate surface area is 170 Å². The summed E-state index contributed by atoms with van der Waals surface area (Å²) >= 11 is 0. The van der Waals surface area contributed by atoms with Gasteiger partial charge < -0.3 is 19.5 Å². The van der Waals surface area contributed by atoms with Crippen molar-refractivity contribution in [3.63, 3.8) is 0 Å². The first-order chi connectivity index (χ1) is 13.2. The fourth-order valence-corrected chi connectivity index (χ4v) is 2.96. The molecular formula is C19H39NO7S. The smallest absolute Gasteiger partial charge is 0.407 e. The van der Waals surface area contributed by atoms with Gasteiger partial charge in [0.2, 0.25) is 0 Å². The van der Waals surface area contributed by atoms with Crippen LogP contribution in [0.5, 0.6) is 0 Å². The average Bonchev–Trinajstić information content (AvgIpc) is 2.63. The average molecular weight is 426 g/mol. The van der Waals surface area contributed by atoms with Crippen LogP contribution in [0.15, 0.2) is 0 Å². The molecule has 0 aromatic rings. The highest BCUT2D eigenvalue weighted by molar-refractivity contribution is 7.85. The highest BCUT2D eigenvalue weighted by Gasteiger charge is 2.28. The predicted octanol–water partition coefficient (Wildman–Crippen LogP) is 3.90. The second-order valence-electron chi connectivity index (χ2n) is 7.09. The van der Waals surface area contributed by atoms with Gasteiger partial charge in [-0.05, 0) is 26.2 Å². The molecule has 0 atom stereocenters. The zero-order chi connectivity index (χ0) is 21.3. The third-order valence-corrected chi connectivity index (χ3v) is 4.93. The van der Waals surface area contributed by atoms with Crippen LogP contribution in [0.2, 0.25) is 0 Å². The van der Waals surface area contributed by atoms with Crippen molar-refractivity contribution in [2.45, 2.75) is 84.3 Å². The number of nitrogens with one attached hydrogen (secondary N) is 1. The summed E-state index contributed by atoms with van der Waals surface area (Å²) in [5.41, 5.74) is 0. The van der Waals surface area contributed by atoms with E-state index in [2.05, 4.69) is 19.2 Å². The summed E-state index contributed by atoms with van der Waals surface area (Å²) in [4.78, 5) is 11.8. The van der Waals surface area contributed by atoms with Gasteiger partial charge in [-0.25, -0.2) is 4.79 Å². The standard InChI is InChI=1S/C19H39NO7S/c1-4-6-8-10-14-26-19(3,27-15-11-9-7-5-2)17-25-18(21)20-13-12-16-28(22,23)24/h4-17H2,1-3H3,(H,20,21)(H,22,23,24). The van der Waals surface area contributed by atoms with Gasteiger partial charge in [-0.1, -0.05) is 52.4 Å². The summed E-state index contributed by atoms with van der Waals surface area (Å²) in [6.45, 7) is 7.15. The first kappa shape index (κ1) is 27.1. The zero-order valence-electron chi connectivity index (χ0n) is 17.7. The lowest BCUT2D eigenvalue weighted by molar-refractivity contribution is -0.243. The van der Waals surface area contributed by atoms with Crippen molar-refractivity contribution in [3.8, 4) is 0 Å². The molecule has 0 radical (unpaired) electrons. The Morgan fingerprint density at radius 1 is 0.929 bits per heavy atom. The fourth-order valence-electron chi connectivity index (χ4n) is 2.45. The van der Waals surface area contributed by atoms with E-state index in [9.17, 15) is 13.2 Å². The Hall–Kier alpha value is -0.900. The number of rotatable bonds is 18. The molecule has 2 N–H and O–H groups in total. The number of unbranched alkanes of at least 4 members (excludes halogenated alkanes) is 6. The summed E-state index contributed by atoms with van der Waals surface area (Å²) in [6, 6.07) is 0. The zero-order valence-corrected chi connectivity index (χ0v) is 18.5. The molecule has 0 aliphatic heterocycles. The van der Waals surface area contributed by atoms with Gasteiger partial charge in [0.05, 0.1) is 19.0 Å². The van der Waals surface area contributed by atoms with Gasteiger partial charge in [-0.2, -0.15) is 8.42 Å². The van der Waals surface area contributed by atoms with Crippen molar-refractivity contribution < 1.29 is 32.0 Å². The molecular weight excluding hydrogens is 386 g/mol. The SMILES string of the molecule is CCCCCCOC(C)(COC(=O)NCCCS(=O)(=O)O)OCCCCCC. The second kappa shape index (κ2) is 16.0. The van der Waals surface area contributed by atoms with E-state index in [-0.39, 0.29) is 19.6 Å². The van der Waals surface area contributed by atoms with Crippen molar-refractivity contribution in [2.75, 3.05) is 32.1 Å². The van der Waals surface area contributed by atoms with Crippen LogP contribution in [-0.4, -0.2) is 57.0 Å². The van der Waals surface area contributed by atoms with Crippen LogP contribution in [0.25, 0.3) is 0 Å². The van der Waals surface area contributed by atoms with Gasteiger partial charge >= 0.3 is 6.09 Å². The molecule has 0 rings (SSSR count). The highest BCUT2D eigenvalue weighted by atomic mass is 32.2. The monoisotopic (exact) mass is 425 g/mol. The Kier molecular flexibility index (Phi) is 15.4. The molecule has 0 saturated carbocycles. The molecule has 0 saturated heterocycles. The molecule has 0 aliphatic rings. The van der Waals surface area contributed by atoms with Crippen LogP contribution in [0.1, 0.15) is 78.6 Å². The molecule has 8 nitrogen and oxygen atoms in total. The molecule has 9 heteroatoms. The molecule has 0 fully saturated rings. The van der Waals surface area contributed by atoms with E-state index in [0.717, 1.165) is 51.4 Å². The minimum absolute atomic E-state index is 0.0569. The van der Waals surface area contributed by atoms with Gasteiger partial charge in [0.25, 0.3) is 10.1 Å². The van der Waals surface area contributed by atoms with Crippen molar-refractivity contribution in [1.29, 1.82) is 0 Å². The Morgan fingerprint density at radius 2 is 1.46 bits per heavy atom. The number of alkyl carbamates (subject to hydrolysis) is 1. The molecule has 0 heterocycles. The van der Waals surface area contributed by atoms with E-state index in [4.69, 9.17) is 18.8 Å². The summed E-state index contributed by atoms with van der Waals surface area (Å²) in [5.74, 6) is -1.42. The molecule has 0 bridgehead atoms. The van der Waals surface area contributed by atoms with Crippen molar-refractivity contribution in [2.24, 2.45) is 0 Å². The van der Waals surface area contributed by atoms with Crippen LogP contribution in [0, 0.1) is 0 Å². The fraction of sp³-hybridized carbons (Fsp3) is 0.947. The molecule has 28 heavy (non-hydrogen) atoms. The van der Waals surface area contributed by atoms with Crippen molar-refractivity contribution >= 4 is 16.2 Å². The second-order valence-corrected chi connectivity index (χ2v) is 8.67. The minimum atomic E-state index is -4.02. The third-order valence-electron chi connectivity index (χ3n) is 4.12. The van der Waals surface area contributed by atoms with Crippen LogP contribution >= 0.6 is 0 Å². The molecule has 0 aliphatic carbocycles. The van der Waals surface area contributed by atoms with E-state index in [1.54, 1.807) is 6.92 Å². The summed E-state index contributed by atoms with van der Waals surface area (Å²) in [5, 5.41) is 2.45. The first-order valence-electron chi connectivity index (χ1n) is 10.4. The normalized spacial score (nSPS) is 12.1. The van der Waals surface area contributed by atoms with Crippen molar-refractivity contribution in [3.05, 3.63) is 0 Å². The summed E-state index contributed by atoms with van der Waals surface area (Å²) in [6.07, 6.45) is 8.03. The number of hydrogen-bond donors (Lipinski definition) is 2. The van der Waals surface area contributed by atoms with Gasteiger partial charge in [-0.3, -0.25) is 4.55 Å². The van der Waals surface area contributed by atoms with E-state index >= 15 is 0 Å². The Balaban J connectivity index is 4.29. The Bertz CT molecular complexity index is 483. The van der Waals surface area contributed by atoms with Gasteiger partial charge in [0.15, 0.2) is 5.79 Å². The van der Waals surface area contributed by atoms with Gasteiger partial charge in [0, 0.05) is 6.54 Å². The maximum absolute atomic E-state index is 11.8. The van der Waals surface area contributed by atoms with E-state index < -0.39 is 27.8 Å². The number of carbonyl (C=O) groups is 1. The summed E-state index contributed by atoms with van der Waals surface area (Å²) in [7, 11) is -4.02. The summed E-state index contributed by atoms with van der Waals surface area (Å²) < 4.78 is 46.9. The number of carbonyl (C=O) groups excluding carboxylic acids is 1. The lowest BCUT2D eigenvalue weighted by atomic mass is 10.2. The molecule has 1 amide bonds.